The van der Waals surface area contributed by atoms with Gasteiger partial charge in [-0.25, -0.2) is 4.79 Å². The lowest BCUT2D eigenvalue weighted by Crippen LogP contribution is -2.44. The third-order valence-electron chi connectivity index (χ3n) is 3.84. The summed E-state index contributed by atoms with van der Waals surface area (Å²) in [6.45, 7) is 1.19. The monoisotopic (exact) mass is 292 g/mol. The fourth-order valence-electron chi connectivity index (χ4n) is 2.58. The maximum Gasteiger partial charge on any atom is 0.315 e. The van der Waals surface area contributed by atoms with Gasteiger partial charge in [-0.3, -0.25) is 0 Å². The summed E-state index contributed by atoms with van der Waals surface area (Å²) >= 11 is 0. The van der Waals surface area contributed by atoms with Crippen molar-refractivity contribution < 1.29 is 14.6 Å². The first-order valence-electron chi connectivity index (χ1n) is 7.61. The molecule has 0 radical (unpaired) electrons. The summed E-state index contributed by atoms with van der Waals surface area (Å²) in [4.78, 5) is 11.7. The van der Waals surface area contributed by atoms with Crippen molar-refractivity contribution in [2.75, 3.05) is 19.8 Å². The number of hydrogen-bond donors (Lipinski definition) is 3. The minimum Gasteiger partial charge on any atom is -0.492 e. The first-order chi connectivity index (χ1) is 10.3. The van der Waals surface area contributed by atoms with Crippen LogP contribution in [-0.4, -0.2) is 36.9 Å². The van der Waals surface area contributed by atoms with Crippen LogP contribution in [0, 0.1) is 5.92 Å². The Balaban J connectivity index is 1.56. The summed E-state index contributed by atoms with van der Waals surface area (Å²) in [5.41, 5.74) is 0. The van der Waals surface area contributed by atoms with Crippen LogP contribution in [0.25, 0.3) is 0 Å². The van der Waals surface area contributed by atoms with E-state index in [9.17, 15) is 4.79 Å². The topological polar surface area (TPSA) is 70.6 Å². The van der Waals surface area contributed by atoms with Crippen LogP contribution in [0.3, 0.4) is 0 Å². The molecule has 0 spiro atoms. The van der Waals surface area contributed by atoms with Gasteiger partial charge < -0.3 is 20.5 Å². The molecule has 1 aliphatic carbocycles. The number of hydrogen-bond acceptors (Lipinski definition) is 3. The van der Waals surface area contributed by atoms with E-state index in [1.165, 1.54) is 0 Å². The lowest BCUT2D eigenvalue weighted by atomic mass is 9.87. The lowest BCUT2D eigenvalue weighted by molar-refractivity contribution is 0.174. The molecular weight excluding hydrogens is 268 g/mol. The maximum absolute atomic E-state index is 11.7. The summed E-state index contributed by atoms with van der Waals surface area (Å²) < 4.78 is 5.50. The van der Waals surface area contributed by atoms with Crippen molar-refractivity contribution in [3.8, 4) is 5.75 Å². The molecule has 1 aliphatic rings. The number of para-hydroxylation sites is 1. The number of carbonyl (C=O) groups excluding carboxylic acids is 1. The standard InChI is InChI=1S/C16H24N2O3/c19-12-13-6-8-14(9-7-13)18-16(20)17-10-11-21-15-4-2-1-3-5-15/h1-5,13-14,19H,6-12H2,(H2,17,18,20). The van der Waals surface area contributed by atoms with Crippen LogP contribution >= 0.6 is 0 Å². The molecule has 2 rings (SSSR count). The highest BCUT2D eigenvalue weighted by Crippen LogP contribution is 2.23. The maximum atomic E-state index is 11.7. The minimum absolute atomic E-state index is 0.140. The van der Waals surface area contributed by atoms with E-state index in [0.717, 1.165) is 31.4 Å². The van der Waals surface area contributed by atoms with E-state index in [1.807, 2.05) is 30.3 Å². The van der Waals surface area contributed by atoms with Gasteiger partial charge in [0.15, 0.2) is 0 Å². The molecule has 21 heavy (non-hydrogen) atoms. The predicted octanol–water partition coefficient (Wildman–Crippen LogP) is 1.92. The molecule has 0 bridgehead atoms. The minimum atomic E-state index is -0.140. The second-order valence-corrected chi connectivity index (χ2v) is 5.46. The molecule has 0 atom stereocenters. The van der Waals surface area contributed by atoms with E-state index in [-0.39, 0.29) is 18.7 Å². The molecule has 1 aromatic rings. The first-order valence-corrected chi connectivity index (χ1v) is 7.61. The van der Waals surface area contributed by atoms with Crippen molar-refractivity contribution in [1.82, 2.24) is 10.6 Å². The van der Waals surface area contributed by atoms with Crippen LogP contribution in [0.15, 0.2) is 30.3 Å². The van der Waals surface area contributed by atoms with Gasteiger partial charge in [-0.15, -0.1) is 0 Å². The van der Waals surface area contributed by atoms with Gasteiger partial charge in [0.05, 0.1) is 6.54 Å². The van der Waals surface area contributed by atoms with Crippen molar-refractivity contribution in [1.29, 1.82) is 0 Å². The van der Waals surface area contributed by atoms with Crippen molar-refractivity contribution in [2.24, 2.45) is 5.92 Å². The zero-order chi connectivity index (χ0) is 14.9. The fourth-order valence-corrected chi connectivity index (χ4v) is 2.58. The number of aliphatic hydroxyl groups excluding tert-OH is 1. The highest BCUT2D eigenvalue weighted by molar-refractivity contribution is 5.74. The second kappa shape index (κ2) is 8.52. The number of rotatable bonds is 6. The summed E-state index contributed by atoms with van der Waals surface area (Å²) in [6.07, 6.45) is 3.86. The molecule has 0 aromatic heterocycles. The molecule has 5 heteroatoms. The van der Waals surface area contributed by atoms with Gasteiger partial charge >= 0.3 is 6.03 Å². The number of amides is 2. The van der Waals surface area contributed by atoms with Crippen molar-refractivity contribution in [3.05, 3.63) is 30.3 Å². The molecule has 3 N–H and O–H groups in total. The molecule has 0 heterocycles. The summed E-state index contributed by atoms with van der Waals surface area (Å²) in [5, 5.41) is 14.9. The molecule has 0 saturated heterocycles. The summed E-state index contributed by atoms with van der Waals surface area (Å²) in [6, 6.07) is 9.63. The van der Waals surface area contributed by atoms with E-state index >= 15 is 0 Å². The quantitative estimate of drug-likeness (QED) is 0.702. The van der Waals surface area contributed by atoms with E-state index in [4.69, 9.17) is 9.84 Å². The van der Waals surface area contributed by atoms with Crippen LogP contribution < -0.4 is 15.4 Å². The van der Waals surface area contributed by atoms with Crippen LogP contribution in [0.4, 0.5) is 4.79 Å². The van der Waals surface area contributed by atoms with Gasteiger partial charge in [0.25, 0.3) is 0 Å². The average Bonchev–Trinajstić information content (AvgIpc) is 2.53. The Morgan fingerprint density at radius 1 is 1.19 bits per heavy atom. The Bertz CT molecular complexity index is 417. The number of benzene rings is 1. The van der Waals surface area contributed by atoms with E-state index in [2.05, 4.69) is 10.6 Å². The summed E-state index contributed by atoms with van der Waals surface area (Å²) in [5.74, 6) is 1.22. The molecule has 1 fully saturated rings. The van der Waals surface area contributed by atoms with Crippen molar-refractivity contribution in [2.45, 2.75) is 31.7 Å². The number of urea groups is 1. The van der Waals surface area contributed by atoms with Crippen LogP contribution in [0.1, 0.15) is 25.7 Å². The molecule has 0 aliphatic heterocycles. The third kappa shape index (κ3) is 5.63. The third-order valence-corrected chi connectivity index (χ3v) is 3.84. The average molecular weight is 292 g/mol. The number of nitrogens with one attached hydrogen (secondary N) is 2. The Hall–Kier alpha value is -1.75. The van der Waals surface area contributed by atoms with Crippen molar-refractivity contribution in [3.63, 3.8) is 0 Å². The van der Waals surface area contributed by atoms with E-state index in [0.29, 0.717) is 19.1 Å². The molecule has 0 unspecified atom stereocenters. The molecular formula is C16H24N2O3. The van der Waals surface area contributed by atoms with E-state index < -0.39 is 0 Å². The van der Waals surface area contributed by atoms with E-state index in [1.54, 1.807) is 0 Å². The first kappa shape index (κ1) is 15.6. The zero-order valence-corrected chi connectivity index (χ0v) is 12.3. The van der Waals surface area contributed by atoms with Gasteiger partial charge in [-0.2, -0.15) is 0 Å². The summed E-state index contributed by atoms with van der Waals surface area (Å²) in [7, 11) is 0. The number of aliphatic hydroxyl groups is 1. The lowest BCUT2D eigenvalue weighted by Gasteiger charge is -2.27. The second-order valence-electron chi connectivity index (χ2n) is 5.46. The SMILES string of the molecule is O=C(NCCOc1ccccc1)NC1CCC(CO)CC1. The van der Waals surface area contributed by atoms with Gasteiger partial charge in [-0.05, 0) is 43.7 Å². The molecule has 5 nitrogen and oxygen atoms in total. The Morgan fingerprint density at radius 3 is 2.57 bits per heavy atom. The Kier molecular flexibility index (Phi) is 6.34. The molecule has 116 valence electrons. The molecule has 1 saturated carbocycles. The van der Waals surface area contributed by atoms with Gasteiger partial charge in [0.1, 0.15) is 12.4 Å². The molecule has 1 aromatic carbocycles. The predicted molar refractivity (Wildman–Crippen MR) is 81.3 cm³/mol. The Morgan fingerprint density at radius 2 is 1.90 bits per heavy atom. The van der Waals surface area contributed by atoms with Crippen LogP contribution in [0.5, 0.6) is 5.75 Å². The van der Waals surface area contributed by atoms with Gasteiger partial charge in [0.2, 0.25) is 0 Å². The fraction of sp³-hybridized carbons (Fsp3) is 0.562. The van der Waals surface area contributed by atoms with Crippen LogP contribution in [0.2, 0.25) is 0 Å². The highest BCUT2D eigenvalue weighted by Gasteiger charge is 2.21. The van der Waals surface area contributed by atoms with Crippen molar-refractivity contribution >= 4 is 6.03 Å². The van der Waals surface area contributed by atoms with Crippen LogP contribution in [-0.2, 0) is 0 Å². The number of carbonyl (C=O) groups is 1. The highest BCUT2D eigenvalue weighted by atomic mass is 16.5. The molecule has 2 amide bonds. The normalized spacial score (nSPS) is 21.6. The zero-order valence-electron chi connectivity index (χ0n) is 12.3. The Labute approximate surface area is 125 Å². The largest absolute Gasteiger partial charge is 0.492 e. The van der Waals surface area contributed by atoms with Gasteiger partial charge in [-0.1, -0.05) is 18.2 Å². The van der Waals surface area contributed by atoms with Gasteiger partial charge in [0, 0.05) is 12.6 Å². The smallest absolute Gasteiger partial charge is 0.315 e. The number of ether oxygens (including phenoxy) is 1.